The number of hydrogen-bond acceptors (Lipinski definition) is 5. The third kappa shape index (κ3) is 5.40. The zero-order valence-electron chi connectivity index (χ0n) is 20.9. The molecule has 6 nitrogen and oxygen atoms in total. The van der Waals surface area contributed by atoms with Gasteiger partial charge >= 0.3 is 6.09 Å². The van der Waals surface area contributed by atoms with E-state index in [1.54, 1.807) is 4.90 Å². The van der Waals surface area contributed by atoms with Crippen LogP contribution in [0.25, 0.3) is 11.3 Å². The summed E-state index contributed by atoms with van der Waals surface area (Å²) in [6, 6.07) is 8.51. The second-order valence-electron chi connectivity index (χ2n) is 10.8. The Kier molecular flexibility index (Phi) is 7.01. The number of anilines is 1. The van der Waals surface area contributed by atoms with Crippen molar-refractivity contribution in [3.8, 4) is 11.3 Å². The van der Waals surface area contributed by atoms with E-state index in [0.29, 0.717) is 24.1 Å². The Morgan fingerprint density at radius 3 is 2.78 bits per heavy atom. The fourth-order valence-corrected chi connectivity index (χ4v) is 5.62. The number of rotatable bonds is 3. The van der Waals surface area contributed by atoms with E-state index in [0.717, 1.165) is 42.5 Å². The van der Waals surface area contributed by atoms with Crippen molar-refractivity contribution in [3.05, 3.63) is 64.3 Å². The lowest BCUT2D eigenvalue weighted by Gasteiger charge is -2.34. The lowest BCUT2D eigenvalue weighted by Crippen LogP contribution is -2.47. The third-order valence-electron chi connectivity index (χ3n) is 6.90. The molecule has 1 aliphatic heterocycles. The van der Waals surface area contributed by atoms with Gasteiger partial charge in [0, 0.05) is 41.8 Å². The molecule has 2 heterocycles. The van der Waals surface area contributed by atoms with Crippen LogP contribution in [-0.2, 0) is 11.2 Å². The van der Waals surface area contributed by atoms with E-state index in [1.807, 2.05) is 33.0 Å². The molecule has 0 spiro atoms. The summed E-state index contributed by atoms with van der Waals surface area (Å²) in [5.74, 6) is 0.810. The molecule has 1 saturated heterocycles. The molecule has 1 aromatic heterocycles. The minimum absolute atomic E-state index is 0.0699. The van der Waals surface area contributed by atoms with Crippen LogP contribution in [0, 0.1) is 0 Å². The summed E-state index contributed by atoms with van der Waals surface area (Å²) in [4.78, 5) is 23.9. The van der Waals surface area contributed by atoms with Crippen LogP contribution < -0.4 is 5.32 Å². The number of nitrogens with one attached hydrogen (secondary N) is 1. The van der Waals surface area contributed by atoms with Crippen LogP contribution in [-0.4, -0.2) is 51.1 Å². The zero-order chi connectivity index (χ0) is 25.4. The summed E-state index contributed by atoms with van der Waals surface area (Å²) in [5, 5.41) is 3.98. The van der Waals surface area contributed by atoms with Crippen molar-refractivity contribution >= 4 is 35.2 Å². The summed E-state index contributed by atoms with van der Waals surface area (Å²) >= 11 is 12.7. The molecule has 0 bridgehead atoms. The number of fused-ring (bicyclic) bond motifs is 3. The molecule has 5 rings (SSSR count). The molecule has 36 heavy (non-hydrogen) atoms. The number of carbonyl (C=O) groups excluding carboxylic acids is 1. The molecule has 1 amide bonds. The Morgan fingerprint density at radius 2 is 2.00 bits per heavy atom. The van der Waals surface area contributed by atoms with E-state index < -0.39 is 5.60 Å². The number of benzene rings is 1. The van der Waals surface area contributed by atoms with Gasteiger partial charge in [-0.25, -0.2) is 14.8 Å². The lowest BCUT2D eigenvalue weighted by molar-refractivity contribution is 0.0206. The Labute approximate surface area is 222 Å². The quantitative estimate of drug-likeness (QED) is 0.453. The van der Waals surface area contributed by atoms with Gasteiger partial charge in [0.05, 0.1) is 11.1 Å². The second-order valence-corrected chi connectivity index (χ2v) is 11.7. The molecule has 1 N–H and O–H groups in total. The van der Waals surface area contributed by atoms with Gasteiger partial charge in [0.25, 0.3) is 0 Å². The number of halogens is 2. The van der Waals surface area contributed by atoms with Gasteiger partial charge in [-0.05, 0) is 63.7 Å². The maximum atomic E-state index is 12.6. The maximum Gasteiger partial charge on any atom is 0.410 e. The maximum absolute atomic E-state index is 12.6. The first-order valence-corrected chi connectivity index (χ1v) is 13.4. The number of hydrogen-bond donors (Lipinski definition) is 1. The monoisotopic (exact) mass is 526 g/mol. The topological polar surface area (TPSA) is 67.3 Å². The van der Waals surface area contributed by atoms with E-state index in [4.69, 9.17) is 32.9 Å². The number of aromatic nitrogens is 2. The van der Waals surface area contributed by atoms with Gasteiger partial charge < -0.3 is 15.0 Å². The fraction of sp³-hybridized carbons (Fsp3) is 0.464. The molecule has 190 valence electrons. The summed E-state index contributed by atoms with van der Waals surface area (Å²) in [5.41, 5.74) is 5.24. The Balaban J connectivity index is 1.35. The molecule has 0 radical (unpaired) electrons. The van der Waals surface area contributed by atoms with Crippen LogP contribution in [0.15, 0.2) is 53.2 Å². The van der Waals surface area contributed by atoms with E-state index in [2.05, 4.69) is 40.6 Å². The minimum atomic E-state index is -0.509. The average Bonchev–Trinajstić information content (AvgIpc) is 2.84. The first-order valence-electron chi connectivity index (χ1n) is 12.6. The fourth-order valence-electron chi connectivity index (χ4n) is 5.23. The number of ether oxygens (including phenoxy) is 1. The van der Waals surface area contributed by atoms with Gasteiger partial charge in [-0.15, -0.1) is 11.6 Å². The number of carbonyl (C=O) groups is 1. The summed E-state index contributed by atoms with van der Waals surface area (Å²) in [7, 11) is 0. The smallest absolute Gasteiger partial charge is 0.410 e. The highest BCUT2D eigenvalue weighted by Gasteiger charge is 2.32. The van der Waals surface area contributed by atoms with Gasteiger partial charge in [-0.2, -0.15) is 0 Å². The highest BCUT2D eigenvalue weighted by molar-refractivity contribution is 6.37. The van der Waals surface area contributed by atoms with Gasteiger partial charge in [-0.1, -0.05) is 47.5 Å². The van der Waals surface area contributed by atoms with E-state index >= 15 is 0 Å². The number of likely N-dealkylation sites (tertiary alicyclic amines) is 1. The van der Waals surface area contributed by atoms with Gasteiger partial charge in [0.2, 0.25) is 5.95 Å². The molecule has 2 aliphatic carbocycles. The Morgan fingerprint density at radius 1 is 1.19 bits per heavy atom. The van der Waals surface area contributed by atoms with Gasteiger partial charge in [-0.3, -0.25) is 0 Å². The molecule has 2 aromatic rings. The van der Waals surface area contributed by atoms with Crippen LogP contribution in [0.5, 0.6) is 0 Å². The van der Waals surface area contributed by atoms with E-state index in [-0.39, 0.29) is 23.4 Å². The number of alkyl halides is 1. The van der Waals surface area contributed by atoms with Crippen molar-refractivity contribution in [1.82, 2.24) is 14.9 Å². The SMILES string of the molecule is CC(C)(C)OC(=O)N1CCCC(Nc2ncc3c(n2)-c2ccccc2C(C2=CC=C(Cl)C(Cl)C2)C3)C1. The summed E-state index contributed by atoms with van der Waals surface area (Å²) < 4.78 is 5.57. The van der Waals surface area contributed by atoms with Gasteiger partial charge in [0.1, 0.15) is 5.60 Å². The van der Waals surface area contributed by atoms with Crippen molar-refractivity contribution in [2.24, 2.45) is 0 Å². The summed E-state index contributed by atoms with van der Waals surface area (Å²) in [6.45, 7) is 6.93. The summed E-state index contributed by atoms with van der Waals surface area (Å²) in [6.07, 6.45) is 9.11. The molecule has 0 saturated carbocycles. The first-order chi connectivity index (χ1) is 17.2. The van der Waals surface area contributed by atoms with Crippen molar-refractivity contribution in [2.45, 2.75) is 69.4 Å². The minimum Gasteiger partial charge on any atom is -0.444 e. The zero-order valence-corrected chi connectivity index (χ0v) is 22.4. The standard InChI is InChI=1S/C28H32Cl2N4O2/c1-28(2,3)36-27(35)34-12-6-7-19(16-34)32-26-31-15-18-13-22(17-10-11-23(29)24(30)14-17)20-8-4-5-9-21(20)25(18)33-26/h4-5,8-11,15,19,22,24H,6-7,12-14,16H2,1-3H3,(H,31,32,33). The molecular formula is C28H32Cl2N4O2. The number of piperidine rings is 1. The van der Waals surface area contributed by atoms with Crippen molar-refractivity contribution in [1.29, 1.82) is 0 Å². The Bertz CT molecular complexity index is 1220. The van der Waals surface area contributed by atoms with Gasteiger partial charge in [0.15, 0.2) is 0 Å². The second kappa shape index (κ2) is 10.1. The highest BCUT2D eigenvalue weighted by atomic mass is 35.5. The normalized spacial score (nSPS) is 23.7. The highest BCUT2D eigenvalue weighted by Crippen LogP contribution is 2.45. The number of amides is 1. The molecule has 1 fully saturated rings. The van der Waals surface area contributed by atoms with E-state index in [1.165, 1.54) is 11.1 Å². The van der Waals surface area contributed by atoms with Crippen LogP contribution >= 0.6 is 23.2 Å². The number of allylic oxidation sites excluding steroid dienone is 4. The molecule has 1 aromatic carbocycles. The molecule has 8 heteroatoms. The molecule has 3 unspecified atom stereocenters. The average molecular weight is 527 g/mol. The third-order valence-corrected chi connectivity index (χ3v) is 7.80. The predicted octanol–water partition coefficient (Wildman–Crippen LogP) is 6.65. The molecule has 3 atom stereocenters. The van der Waals surface area contributed by atoms with Crippen molar-refractivity contribution < 1.29 is 9.53 Å². The predicted molar refractivity (Wildman–Crippen MR) is 145 cm³/mol. The molecular weight excluding hydrogens is 495 g/mol. The van der Waals surface area contributed by atoms with E-state index in [9.17, 15) is 4.79 Å². The van der Waals surface area contributed by atoms with Crippen LogP contribution in [0.1, 0.15) is 57.1 Å². The van der Waals surface area contributed by atoms with Crippen molar-refractivity contribution in [3.63, 3.8) is 0 Å². The Hall–Kier alpha value is -2.57. The number of nitrogens with zero attached hydrogens (tertiary/aromatic N) is 3. The van der Waals surface area contributed by atoms with Crippen LogP contribution in [0.4, 0.5) is 10.7 Å². The lowest BCUT2D eigenvalue weighted by atomic mass is 9.75. The van der Waals surface area contributed by atoms with Crippen molar-refractivity contribution in [2.75, 3.05) is 18.4 Å². The molecule has 3 aliphatic rings. The first kappa shape index (κ1) is 25.1. The van der Waals surface area contributed by atoms with Crippen LogP contribution in [0.2, 0.25) is 0 Å². The largest absolute Gasteiger partial charge is 0.444 e. The van der Waals surface area contributed by atoms with Crippen LogP contribution in [0.3, 0.4) is 0 Å².